The molecule has 0 spiro atoms. The van der Waals surface area contributed by atoms with Gasteiger partial charge in [0.25, 0.3) is 0 Å². The first-order valence-corrected chi connectivity index (χ1v) is 10.3. The van der Waals surface area contributed by atoms with Gasteiger partial charge in [-0.2, -0.15) is 0 Å². The van der Waals surface area contributed by atoms with Crippen molar-refractivity contribution in [1.29, 1.82) is 0 Å². The quantitative estimate of drug-likeness (QED) is 0.346. The minimum atomic E-state index is -0.670. The maximum atomic E-state index is 13.1. The third-order valence-corrected chi connectivity index (χ3v) is 5.27. The molecular formula is C26H24N4O2. The van der Waals surface area contributed by atoms with Crippen molar-refractivity contribution in [3.63, 3.8) is 0 Å². The van der Waals surface area contributed by atoms with Gasteiger partial charge in [0.15, 0.2) is 0 Å². The molecular weight excluding hydrogens is 400 g/mol. The molecule has 4 aromatic carbocycles. The molecule has 0 radical (unpaired) electrons. The molecule has 4 rings (SSSR count). The number of fused-ring (bicyclic) bond motifs is 1. The van der Waals surface area contributed by atoms with Gasteiger partial charge in [-0.15, -0.1) is 0 Å². The number of amides is 4. The van der Waals surface area contributed by atoms with Crippen molar-refractivity contribution < 1.29 is 9.59 Å². The smallest absolute Gasteiger partial charge is 0.319 e. The zero-order valence-electron chi connectivity index (χ0n) is 17.4. The van der Waals surface area contributed by atoms with Gasteiger partial charge < -0.3 is 21.7 Å². The second-order valence-corrected chi connectivity index (χ2v) is 7.41. The van der Waals surface area contributed by atoms with E-state index >= 15 is 0 Å². The van der Waals surface area contributed by atoms with Gasteiger partial charge in [-0.05, 0) is 22.6 Å². The van der Waals surface area contributed by atoms with E-state index in [2.05, 4.69) is 16.0 Å². The number of benzene rings is 4. The predicted molar refractivity (Wildman–Crippen MR) is 127 cm³/mol. The lowest BCUT2D eigenvalue weighted by molar-refractivity contribution is 0.235. The van der Waals surface area contributed by atoms with E-state index in [1.807, 2.05) is 103 Å². The molecule has 4 aromatic rings. The third kappa shape index (κ3) is 4.87. The average Bonchev–Trinajstić information content (AvgIpc) is 2.82. The number of hydrogen-bond donors (Lipinski definition) is 4. The Hall–Kier alpha value is -4.32. The standard InChI is InChI=1S/C26H24N4O2/c27-25(31)29-23(19-11-3-1-4-12-19)24(20-13-5-2-6-14-20)30-26(32)28-22-17-9-15-18-10-7-8-16-21(18)22/h1-17,23-24H,(H3,27,29,31)(H2,28,30,32). The molecule has 0 aliphatic heterocycles. The van der Waals surface area contributed by atoms with E-state index in [1.165, 1.54) is 0 Å². The summed E-state index contributed by atoms with van der Waals surface area (Å²) < 4.78 is 0. The second kappa shape index (κ2) is 9.66. The van der Waals surface area contributed by atoms with Crippen LogP contribution in [0.3, 0.4) is 0 Å². The van der Waals surface area contributed by atoms with Gasteiger partial charge >= 0.3 is 12.1 Å². The molecule has 0 heterocycles. The van der Waals surface area contributed by atoms with Crippen molar-refractivity contribution in [2.45, 2.75) is 12.1 Å². The Kier molecular flexibility index (Phi) is 6.32. The second-order valence-electron chi connectivity index (χ2n) is 7.41. The average molecular weight is 425 g/mol. The summed E-state index contributed by atoms with van der Waals surface area (Å²) in [5.74, 6) is 0. The topological polar surface area (TPSA) is 96.2 Å². The van der Waals surface area contributed by atoms with E-state index in [9.17, 15) is 9.59 Å². The Balaban J connectivity index is 1.66. The van der Waals surface area contributed by atoms with Gasteiger partial charge in [-0.25, -0.2) is 9.59 Å². The molecule has 4 amide bonds. The summed E-state index contributed by atoms with van der Waals surface area (Å²) >= 11 is 0. The van der Waals surface area contributed by atoms with E-state index in [0.29, 0.717) is 5.69 Å². The zero-order chi connectivity index (χ0) is 22.3. The van der Waals surface area contributed by atoms with Crippen LogP contribution in [0.15, 0.2) is 103 Å². The van der Waals surface area contributed by atoms with Crippen molar-refractivity contribution in [2.75, 3.05) is 5.32 Å². The number of nitrogens with one attached hydrogen (secondary N) is 3. The first-order chi connectivity index (χ1) is 15.6. The van der Waals surface area contributed by atoms with Crippen LogP contribution in [0.2, 0.25) is 0 Å². The lowest BCUT2D eigenvalue weighted by Gasteiger charge is -2.29. The van der Waals surface area contributed by atoms with E-state index in [-0.39, 0.29) is 6.03 Å². The zero-order valence-corrected chi connectivity index (χ0v) is 17.4. The normalized spacial score (nSPS) is 12.5. The summed E-state index contributed by atoms with van der Waals surface area (Å²) in [6, 6.07) is 30.3. The monoisotopic (exact) mass is 424 g/mol. The van der Waals surface area contributed by atoms with Crippen LogP contribution in [0.25, 0.3) is 10.8 Å². The van der Waals surface area contributed by atoms with Gasteiger partial charge in [-0.1, -0.05) is 97.1 Å². The third-order valence-electron chi connectivity index (χ3n) is 5.27. The predicted octanol–water partition coefficient (Wildman–Crippen LogP) is 5.11. The molecule has 0 aliphatic carbocycles. The van der Waals surface area contributed by atoms with Crippen molar-refractivity contribution in [2.24, 2.45) is 5.73 Å². The summed E-state index contributed by atoms with van der Waals surface area (Å²) in [5.41, 5.74) is 7.85. The van der Waals surface area contributed by atoms with Crippen LogP contribution in [0.4, 0.5) is 15.3 Å². The number of rotatable bonds is 6. The molecule has 2 unspecified atom stereocenters. The van der Waals surface area contributed by atoms with Crippen molar-refractivity contribution in [3.8, 4) is 0 Å². The highest BCUT2D eigenvalue weighted by molar-refractivity contribution is 6.01. The number of nitrogens with two attached hydrogens (primary N) is 1. The minimum Gasteiger partial charge on any atom is -0.352 e. The van der Waals surface area contributed by atoms with Crippen molar-refractivity contribution in [1.82, 2.24) is 10.6 Å². The molecule has 2 atom stereocenters. The highest BCUT2D eigenvalue weighted by Gasteiger charge is 2.27. The largest absolute Gasteiger partial charge is 0.352 e. The fourth-order valence-corrected chi connectivity index (χ4v) is 3.83. The van der Waals surface area contributed by atoms with Crippen LogP contribution >= 0.6 is 0 Å². The lowest BCUT2D eigenvalue weighted by Crippen LogP contribution is -2.43. The van der Waals surface area contributed by atoms with Crippen LogP contribution < -0.4 is 21.7 Å². The Morgan fingerprint density at radius 1 is 0.625 bits per heavy atom. The summed E-state index contributed by atoms with van der Waals surface area (Å²) in [5, 5.41) is 10.7. The number of carbonyl (C=O) groups is 2. The first-order valence-electron chi connectivity index (χ1n) is 10.3. The number of urea groups is 2. The van der Waals surface area contributed by atoms with E-state index in [0.717, 1.165) is 21.9 Å². The maximum Gasteiger partial charge on any atom is 0.319 e. The minimum absolute atomic E-state index is 0.387. The molecule has 32 heavy (non-hydrogen) atoms. The summed E-state index contributed by atoms with van der Waals surface area (Å²) in [6.07, 6.45) is 0. The molecule has 6 heteroatoms. The summed E-state index contributed by atoms with van der Waals surface area (Å²) in [7, 11) is 0. The molecule has 5 N–H and O–H groups in total. The SMILES string of the molecule is NC(=O)NC(c1ccccc1)C(NC(=O)Nc1cccc2ccccc12)c1ccccc1. The highest BCUT2D eigenvalue weighted by atomic mass is 16.2. The number of carbonyl (C=O) groups excluding carboxylic acids is 2. The molecule has 0 saturated carbocycles. The van der Waals surface area contributed by atoms with Crippen molar-refractivity contribution in [3.05, 3.63) is 114 Å². The Bertz CT molecular complexity index is 1210. The van der Waals surface area contributed by atoms with Crippen molar-refractivity contribution >= 4 is 28.5 Å². The number of hydrogen-bond acceptors (Lipinski definition) is 2. The van der Waals surface area contributed by atoms with Gasteiger partial charge in [-0.3, -0.25) is 0 Å². The van der Waals surface area contributed by atoms with E-state index in [4.69, 9.17) is 5.73 Å². The van der Waals surface area contributed by atoms with E-state index in [1.54, 1.807) is 0 Å². The molecule has 0 aliphatic rings. The Morgan fingerprint density at radius 2 is 1.16 bits per heavy atom. The molecule has 0 fully saturated rings. The van der Waals surface area contributed by atoms with Crippen LogP contribution in [0, 0.1) is 0 Å². The van der Waals surface area contributed by atoms with Gasteiger partial charge in [0.1, 0.15) is 0 Å². The van der Waals surface area contributed by atoms with Gasteiger partial charge in [0.05, 0.1) is 17.8 Å². The van der Waals surface area contributed by atoms with Crippen LogP contribution in [0.1, 0.15) is 23.2 Å². The van der Waals surface area contributed by atoms with E-state index < -0.39 is 18.1 Å². The number of primary amides is 1. The van der Waals surface area contributed by atoms with Gasteiger partial charge in [0.2, 0.25) is 0 Å². The van der Waals surface area contributed by atoms with Crippen LogP contribution in [0.5, 0.6) is 0 Å². The lowest BCUT2D eigenvalue weighted by atomic mass is 9.93. The molecule has 0 saturated heterocycles. The first kappa shape index (κ1) is 20.9. The summed E-state index contributed by atoms with van der Waals surface area (Å²) in [4.78, 5) is 24.9. The van der Waals surface area contributed by atoms with Crippen LogP contribution in [-0.4, -0.2) is 12.1 Å². The molecule has 0 aromatic heterocycles. The highest BCUT2D eigenvalue weighted by Crippen LogP contribution is 2.29. The fourth-order valence-electron chi connectivity index (χ4n) is 3.83. The fraction of sp³-hybridized carbons (Fsp3) is 0.0769. The van der Waals surface area contributed by atoms with Crippen LogP contribution in [-0.2, 0) is 0 Å². The Morgan fingerprint density at radius 3 is 1.78 bits per heavy atom. The van der Waals surface area contributed by atoms with Gasteiger partial charge in [0, 0.05) is 5.39 Å². The number of anilines is 1. The molecule has 6 nitrogen and oxygen atoms in total. The molecule has 160 valence electrons. The summed E-state index contributed by atoms with van der Waals surface area (Å²) in [6.45, 7) is 0. The Labute approximate surface area is 186 Å². The molecule has 0 bridgehead atoms. The maximum absolute atomic E-state index is 13.1.